The van der Waals surface area contributed by atoms with E-state index in [0.717, 1.165) is 5.56 Å². The van der Waals surface area contributed by atoms with Crippen LogP contribution in [0.25, 0.3) is 0 Å². The molecule has 44 heavy (non-hydrogen) atoms. The van der Waals surface area contributed by atoms with Crippen molar-refractivity contribution in [3.63, 3.8) is 0 Å². The maximum absolute atomic E-state index is 12.9. The molecule has 0 aliphatic carbocycles. The fourth-order valence-corrected chi connectivity index (χ4v) is 5.06. The summed E-state index contributed by atoms with van der Waals surface area (Å²) < 4.78 is 48.0. The zero-order valence-electron chi connectivity index (χ0n) is 25.3. The second-order valence-corrected chi connectivity index (χ2v) is 12.1. The number of amides is 3. The van der Waals surface area contributed by atoms with Crippen molar-refractivity contribution in [2.24, 2.45) is 11.3 Å². The van der Waals surface area contributed by atoms with Gasteiger partial charge < -0.3 is 34.9 Å². The Hall–Kier alpha value is -3.72. The van der Waals surface area contributed by atoms with Gasteiger partial charge in [-0.1, -0.05) is 58.0 Å². The number of ether oxygens (including phenoxy) is 4. The van der Waals surface area contributed by atoms with Crippen molar-refractivity contribution in [3.05, 3.63) is 35.9 Å². The van der Waals surface area contributed by atoms with Gasteiger partial charge in [0.05, 0.1) is 26.7 Å². The number of alkyl carbamates (subject to hydrolysis) is 2. The fourth-order valence-electron chi connectivity index (χ4n) is 3.56. The third-order valence-corrected chi connectivity index (χ3v) is 7.39. The topological polar surface area (TPSA) is 203 Å². The molecule has 1 aromatic rings. The van der Waals surface area contributed by atoms with Crippen LogP contribution in [0.1, 0.15) is 39.7 Å². The molecule has 2 rings (SSSR count). The standard InChI is InChI=1S/C27H40N3O13P/c1-18(2)21(30-26(35)39-15-19-9-7-6-8-10-19)24(33)38-14-13-29-25(34)40-17-42-44(36)41-16-27(3,4)22(43-44)23(32)28-12-11-20(31)37-5/h6-10,18,21-22H,11-17H2,1-5H3,(H,28,32)(H,29,34)(H,30,35)/t21-,22-,44?/m0/s1. The molecule has 1 aromatic carbocycles. The van der Waals surface area contributed by atoms with Gasteiger partial charge in [0, 0.05) is 12.0 Å². The van der Waals surface area contributed by atoms with Crippen LogP contribution in [-0.4, -0.2) is 82.4 Å². The number of carbonyl (C=O) groups excluding carboxylic acids is 5. The average molecular weight is 646 g/mol. The lowest BCUT2D eigenvalue weighted by molar-refractivity contribution is -0.147. The van der Waals surface area contributed by atoms with E-state index < -0.39 is 62.2 Å². The fraction of sp³-hybridized carbons (Fsp3) is 0.593. The summed E-state index contributed by atoms with van der Waals surface area (Å²) in [4.78, 5) is 60.5. The van der Waals surface area contributed by atoms with Gasteiger partial charge in [0.1, 0.15) is 19.3 Å². The molecule has 0 bridgehead atoms. The highest BCUT2D eigenvalue weighted by Crippen LogP contribution is 2.57. The predicted octanol–water partition coefficient (Wildman–Crippen LogP) is 2.41. The Morgan fingerprint density at radius 1 is 1.00 bits per heavy atom. The first-order valence-electron chi connectivity index (χ1n) is 13.7. The van der Waals surface area contributed by atoms with Crippen LogP contribution in [0, 0.1) is 11.3 Å². The van der Waals surface area contributed by atoms with Gasteiger partial charge >= 0.3 is 31.9 Å². The number of rotatable bonds is 15. The molecular weight excluding hydrogens is 605 g/mol. The van der Waals surface area contributed by atoms with Gasteiger partial charge in [0.25, 0.3) is 0 Å². The zero-order valence-corrected chi connectivity index (χ0v) is 26.2. The van der Waals surface area contributed by atoms with Crippen LogP contribution < -0.4 is 16.0 Å². The molecule has 1 unspecified atom stereocenters. The van der Waals surface area contributed by atoms with Crippen molar-refractivity contribution in [3.8, 4) is 0 Å². The summed E-state index contributed by atoms with van der Waals surface area (Å²) in [6.07, 6.45) is -3.10. The molecule has 1 fully saturated rings. The van der Waals surface area contributed by atoms with Crippen molar-refractivity contribution in [1.82, 2.24) is 16.0 Å². The molecule has 1 saturated heterocycles. The van der Waals surface area contributed by atoms with Crippen LogP contribution >= 0.6 is 7.82 Å². The van der Waals surface area contributed by atoms with Gasteiger partial charge in [-0.05, 0) is 11.5 Å². The van der Waals surface area contributed by atoms with Gasteiger partial charge in [0.15, 0.2) is 6.10 Å². The molecule has 3 atom stereocenters. The van der Waals surface area contributed by atoms with E-state index in [-0.39, 0.29) is 45.2 Å². The first-order chi connectivity index (χ1) is 20.8. The van der Waals surface area contributed by atoms with Gasteiger partial charge in [-0.25, -0.2) is 23.5 Å². The van der Waals surface area contributed by atoms with Crippen LogP contribution in [0.15, 0.2) is 30.3 Å². The first kappa shape index (κ1) is 36.5. The highest BCUT2D eigenvalue weighted by atomic mass is 31.2. The maximum atomic E-state index is 12.9. The molecule has 0 aromatic heterocycles. The lowest BCUT2D eigenvalue weighted by Gasteiger charge is -2.39. The van der Waals surface area contributed by atoms with E-state index >= 15 is 0 Å². The quantitative estimate of drug-likeness (QED) is 0.0826. The summed E-state index contributed by atoms with van der Waals surface area (Å²) in [5.74, 6) is -2.21. The average Bonchev–Trinajstić information content (AvgIpc) is 2.98. The number of esters is 2. The third-order valence-electron chi connectivity index (χ3n) is 6.06. The van der Waals surface area contributed by atoms with Crippen molar-refractivity contribution in [2.75, 3.05) is 40.2 Å². The smallest absolute Gasteiger partial charge is 0.469 e. The zero-order chi connectivity index (χ0) is 32.8. The number of methoxy groups -OCH3 is 1. The molecule has 246 valence electrons. The number of nitrogens with one attached hydrogen (secondary N) is 3. The van der Waals surface area contributed by atoms with E-state index in [9.17, 15) is 28.5 Å². The van der Waals surface area contributed by atoms with Gasteiger partial charge in [0.2, 0.25) is 12.7 Å². The summed E-state index contributed by atoms with van der Waals surface area (Å²) in [6, 6.07) is 8.03. The monoisotopic (exact) mass is 645 g/mol. The van der Waals surface area contributed by atoms with E-state index in [4.69, 9.17) is 27.8 Å². The SMILES string of the molecule is COC(=O)CCNC(=O)[C@@H]1OP(=O)(OCOC(=O)NCCOC(=O)[C@@H](NC(=O)OCc2ccccc2)C(C)C)OCC1(C)C. The Morgan fingerprint density at radius 2 is 1.70 bits per heavy atom. The van der Waals surface area contributed by atoms with Crippen molar-refractivity contribution < 1.29 is 61.1 Å². The molecule has 0 radical (unpaired) electrons. The van der Waals surface area contributed by atoms with E-state index in [0.29, 0.717) is 0 Å². The number of phosphoric ester groups is 1. The minimum absolute atomic E-state index is 0.0258. The van der Waals surface area contributed by atoms with Crippen LogP contribution in [0.2, 0.25) is 0 Å². The summed E-state index contributed by atoms with van der Waals surface area (Å²) in [5.41, 5.74) is -0.111. The number of hydrogen-bond acceptors (Lipinski definition) is 13. The van der Waals surface area contributed by atoms with E-state index in [1.54, 1.807) is 52.0 Å². The summed E-state index contributed by atoms with van der Waals surface area (Å²) in [5, 5.41) is 7.28. The second-order valence-electron chi connectivity index (χ2n) is 10.5. The number of hydrogen-bond donors (Lipinski definition) is 3. The minimum Gasteiger partial charge on any atom is -0.469 e. The van der Waals surface area contributed by atoms with Crippen LogP contribution in [0.3, 0.4) is 0 Å². The summed E-state index contributed by atoms with van der Waals surface area (Å²) >= 11 is 0. The molecule has 1 aliphatic rings. The van der Waals surface area contributed by atoms with Crippen molar-refractivity contribution in [2.45, 2.75) is 52.9 Å². The first-order valence-corrected chi connectivity index (χ1v) is 15.2. The lowest BCUT2D eigenvalue weighted by Crippen LogP contribution is -2.50. The third kappa shape index (κ3) is 12.5. The van der Waals surface area contributed by atoms with Crippen LogP contribution in [0.4, 0.5) is 9.59 Å². The summed E-state index contributed by atoms with van der Waals surface area (Å²) in [6.45, 7) is 5.31. The Kier molecular flexibility index (Phi) is 14.5. The van der Waals surface area contributed by atoms with Crippen LogP contribution in [0.5, 0.6) is 0 Å². The highest BCUT2D eigenvalue weighted by molar-refractivity contribution is 7.48. The van der Waals surface area contributed by atoms with Crippen molar-refractivity contribution in [1.29, 1.82) is 0 Å². The van der Waals surface area contributed by atoms with Gasteiger partial charge in [-0.3, -0.25) is 18.6 Å². The molecule has 0 spiro atoms. The molecule has 0 saturated carbocycles. The molecule has 1 heterocycles. The molecule has 3 amide bonds. The lowest BCUT2D eigenvalue weighted by atomic mass is 9.87. The van der Waals surface area contributed by atoms with Gasteiger partial charge in [-0.2, -0.15) is 0 Å². The van der Waals surface area contributed by atoms with E-state index in [1.165, 1.54) is 7.11 Å². The highest BCUT2D eigenvalue weighted by Gasteiger charge is 2.49. The maximum Gasteiger partial charge on any atom is 0.478 e. The Labute approximate surface area is 255 Å². The largest absolute Gasteiger partial charge is 0.478 e. The Balaban J connectivity index is 1.70. The second kappa shape index (κ2) is 17.5. The van der Waals surface area contributed by atoms with Gasteiger partial charge in [-0.15, -0.1) is 0 Å². The van der Waals surface area contributed by atoms with Crippen molar-refractivity contribution >= 4 is 37.9 Å². The Bertz CT molecular complexity index is 1180. The minimum atomic E-state index is -4.29. The Morgan fingerprint density at radius 3 is 2.36 bits per heavy atom. The molecule has 17 heteroatoms. The molecule has 3 N–H and O–H groups in total. The number of benzene rings is 1. The summed E-state index contributed by atoms with van der Waals surface area (Å²) in [7, 11) is -3.07. The molecule has 16 nitrogen and oxygen atoms in total. The number of phosphoric acid groups is 1. The predicted molar refractivity (Wildman–Crippen MR) is 152 cm³/mol. The van der Waals surface area contributed by atoms with E-state index in [1.807, 2.05) is 6.07 Å². The normalized spacial score (nSPS) is 19.6. The molecular formula is C27H40N3O13P. The molecule has 1 aliphatic heterocycles. The van der Waals surface area contributed by atoms with E-state index in [2.05, 4.69) is 20.7 Å². The van der Waals surface area contributed by atoms with Crippen LogP contribution in [-0.2, 0) is 58.1 Å². The number of carbonyl (C=O) groups is 5.